The summed E-state index contributed by atoms with van der Waals surface area (Å²) in [4.78, 5) is 10.9. The standard InChI is InChI=1S/C12H19N5O/c1-12(5-2-6-14-7-12)8-15-10-4-3-9(11(13)18)16-17-10/h3-4,14H,2,5-8H2,1H3,(H2,13,18)(H,15,17). The predicted molar refractivity (Wildman–Crippen MR) is 69.3 cm³/mol. The van der Waals surface area contributed by atoms with E-state index in [9.17, 15) is 4.79 Å². The third-order valence-electron chi connectivity index (χ3n) is 3.30. The molecule has 4 N–H and O–H groups in total. The third kappa shape index (κ3) is 3.16. The maximum absolute atomic E-state index is 10.9. The largest absolute Gasteiger partial charge is 0.368 e. The number of rotatable bonds is 4. The molecule has 2 rings (SSSR count). The van der Waals surface area contributed by atoms with Crippen molar-refractivity contribution in [1.82, 2.24) is 15.5 Å². The van der Waals surface area contributed by atoms with E-state index in [1.165, 1.54) is 12.8 Å². The second-order valence-corrected chi connectivity index (χ2v) is 5.11. The number of hydrogen-bond donors (Lipinski definition) is 3. The summed E-state index contributed by atoms with van der Waals surface area (Å²) in [6.45, 7) is 5.19. The summed E-state index contributed by atoms with van der Waals surface area (Å²) in [5.41, 5.74) is 5.53. The Balaban J connectivity index is 1.91. The molecule has 1 aliphatic rings. The number of aromatic nitrogens is 2. The summed E-state index contributed by atoms with van der Waals surface area (Å²) >= 11 is 0. The molecule has 6 nitrogen and oxygen atoms in total. The first-order valence-corrected chi connectivity index (χ1v) is 6.17. The molecule has 1 fully saturated rings. The Morgan fingerprint density at radius 1 is 1.56 bits per heavy atom. The molecule has 1 aromatic heterocycles. The van der Waals surface area contributed by atoms with Gasteiger partial charge in [0.25, 0.3) is 5.91 Å². The fourth-order valence-corrected chi connectivity index (χ4v) is 2.13. The van der Waals surface area contributed by atoms with Gasteiger partial charge in [0, 0.05) is 13.1 Å². The van der Waals surface area contributed by atoms with Gasteiger partial charge in [0.1, 0.15) is 5.82 Å². The molecule has 1 aliphatic heterocycles. The van der Waals surface area contributed by atoms with Crippen LogP contribution in [-0.4, -0.2) is 35.7 Å². The van der Waals surface area contributed by atoms with Gasteiger partial charge in [-0.05, 0) is 36.9 Å². The van der Waals surface area contributed by atoms with E-state index in [2.05, 4.69) is 27.8 Å². The molecule has 0 aromatic carbocycles. The quantitative estimate of drug-likeness (QED) is 0.717. The molecule has 0 radical (unpaired) electrons. The minimum atomic E-state index is -0.558. The van der Waals surface area contributed by atoms with Crippen LogP contribution in [0.5, 0.6) is 0 Å². The molecule has 1 amide bonds. The molecule has 1 saturated heterocycles. The van der Waals surface area contributed by atoms with Crippen molar-refractivity contribution in [3.05, 3.63) is 17.8 Å². The van der Waals surface area contributed by atoms with Crippen molar-refractivity contribution >= 4 is 11.7 Å². The Bertz CT molecular complexity index is 411. The van der Waals surface area contributed by atoms with Gasteiger partial charge in [0.2, 0.25) is 0 Å². The van der Waals surface area contributed by atoms with E-state index < -0.39 is 5.91 Å². The molecule has 1 aromatic rings. The number of nitrogens with one attached hydrogen (secondary N) is 2. The molecule has 6 heteroatoms. The first-order chi connectivity index (χ1) is 8.59. The lowest BCUT2D eigenvalue weighted by Crippen LogP contribution is -2.42. The van der Waals surface area contributed by atoms with Crippen LogP contribution in [0.2, 0.25) is 0 Å². The van der Waals surface area contributed by atoms with Gasteiger partial charge in [-0.3, -0.25) is 4.79 Å². The van der Waals surface area contributed by atoms with E-state index in [4.69, 9.17) is 5.73 Å². The summed E-state index contributed by atoms with van der Waals surface area (Å²) in [5.74, 6) is 0.115. The zero-order valence-electron chi connectivity index (χ0n) is 10.6. The van der Waals surface area contributed by atoms with Gasteiger partial charge < -0.3 is 16.4 Å². The molecule has 18 heavy (non-hydrogen) atoms. The number of primary amides is 1. The second-order valence-electron chi connectivity index (χ2n) is 5.11. The zero-order chi connectivity index (χ0) is 13.0. The summed E-state index contributed by atoms with van der Waals surface area (Å²) in [6, 6.07) is 3.31. The highest BCUT2D eigenvalue weighted by atomic mass is 16.1. The number of hydrogen-bond acceptors (Lipinski definition) is 5. The smallest absolute Gasteiger partial charge is 0.269 e. The van der Waals surface area contributed by atoms with Crippen molar-refractivity contribution in [2.24, 2.45) is 11.1 Å². The Hall–Kier alpha value is -1.69. The van der Waals surface area contributed by atoms with Gasteiger partial charge >= 0.3 is 0 Å². The van der Waals surface area contributed by atoms with Crippen molar-refractivity contribution in [1.29, 1.82) is 0 Å². The molecule has 0 bridgehead atoms. The van der Waals surface area contributed by atoms with Gasteiger partial charge in [-0.25, -0.2) is 0 Å². The third-order valence-corrected chi connectivity index (χ3v) is 3.30. The first kappa shape index (κ1) is 12.8. The lowest BCUT2D eigenvalue weighted by Gasteiger charge is -2.34. The van der Waals surface area contributed by atoms with E-state index in [-0.39, 0.29) is 11.1 Å². The summed E-state index contributed by atoms with van der Waals surface area (Å²) in [7, 11) is 0. The lowest BCUT2D eigenvalue weighted by atomic mass is 9.83. The van der Waals surface area contributed by atoms with Crippen LogP contribution >= 0.6 is 0 Å². The fourth-order valence-electron chi connectivity index (χ4n) is 2.13. The van der Waals surface area contributed by atoms with Gasteiger partial charge in [-0.2, -0.15) is 0 Å². The molecule has 2 heterocycles. The van der Waals surface area contributed by atoms with E-state index in [1.54, 1.807) is 12.1 Å². The molecular weight excluding hydrogens is 230 g/mol. The van der Waals surface area contributed by atoms with Crippen LogP contribution in [0, 0.1) is 5.41 Å². The fraction of sp³-hybridized carbons (Fsp3) is 0.583. The van der Waals surface area contributed by atoms with E-state index >= 15 is 0 Å². The summed E-state index contributed by atoms with van der Waals surface area (Å²) in [5, 5.41) is 14.3. The molecule has 98 valence electrons. The van der Waals surface area contributed by atoms with E-state index in [0.29, 0.717) is 5.82 Å². The van der Waals surface area contributed by atoms with Crippen LogP contribution in [0.15, 0.2) is 12.1 Å². The zero-order valence-corrected chi connectivity index (χ0v) is 10.6. The first-order valence-electron chi connectivity index (χ1n) is 6.17. The normalized spacial score (nSPS) is 23.6. The number of amides is 1. The van der Waals surface area contributed by atoms with E-state index in [0.717, 1.165) is 19.6 Å². The number of piperidine rings is 1. The SMILES string of the molecule is CC1(CNc2ccc(C(N)=O)nn2)CCCNC1. The van der Waals surface area contributed by atoms with Crippen molar-refractivity contribution < 1.29 is 4.79 Å². The Kier molecular flexibility index (Phi) is 3.76. The van der Waals surface area contributed by atoms with Gasteiger partial charge in [-0.15, -0.1) is 10.2 Å². The maximum atomic E-state index is 10.9. The summed E-state index contributed by atoms with van der Waals surface area (Å²) in [6.07, 6.45) is 2.39. The van der Waals surface area contributed by atoms with Gasteiger partial charge in [0.15, 0.2) is 5.69 Å². The Morgan fingerprint density at radius 3 is 2.94 bits per heavy atom. The molecule has 0 spiro atoms. The maximum Gasteiger partial charge on any atom is 0.269 e. The monoisotopic (exact) mass is 249 g/mol. The van der Waals surface area contributed by atoms with E-state index in [1.807, 2.05) is 0 Å². The van der Waals surface area contributed by atoms with Gasteiger partial charge in [-0.1, -0.05) is 6.92 Å². The van der Waals surface area contributed by atoms with Crippen LogP contribution in [0.25, 0.3) is 0 Å². The molecule has 1 atom stereocenters. The lowest BCUT2D eigenvalue weighted by molar-refractivity contribution is 0.0994. The van der Waals surface area contributed by atoms with Crippen LogP contribution in [0.4, 0.5) is 5.82 Å². The van der Waals surface area contributed by atoms with Crippen LogP contribution in [-0.2, 0) is 0 Å². The van der Waals surface area contributed by atoms with Crippen molar-refractivity contribution in [3.63, 3.8) is 0 Å². The molecule has 0 aliphatic carbocycles. The number of carbonyl (C=O) groups is 1. The topological polar surface area (TPSA) is 92.9 Å². The average Bonchev–Trinajstić information content (AvgIpc) is 2.38. The van der Waals surface area contributed by atoms with Gasteiger partial charge in [0.05, 0.1) is 0 Å². The van der Waals surface area contributed by atoms with Crippen LogP contribution < -0.4 is 16.4 Å². The number of anilines is 1. The highest BCUT2D eigenvalue weighted by Crippen LogP contribution is 2.25. The highest BCUT2D eigenvalue weighted by Gasteiger charge is 2.26. The van der Waals surface area contributed by atoms with Crippen LogP contribution in [0.3, 0.4) is 0 Å². The highest BCUT2D eigenvalue weighted by molar-refractivity contribution is 5.90. The minimum Gasteiger partial charge on any atom is -0.368 e. The Morgan fingerprint density at radius 2 is 2.39 bits per heavy atom. The number of nitrogens with zero attached hydrogens (tertiary/aromatic N) is 2. The molecule has 0 saturated carbocycles. The minimum absolute atomic E-state index is 0.186. The molecular formula is C12H19N5O. The second kappa shape index (κ2) is 5.30. The number of nitrogens with two attached hydrogens (primary N) is 1. The predicted octanol–water partition coefficient (Wildman–Crippen LogP) is 0.377. The van der Waals surface area contributed by atoms with Crippen molar-refractivity contribution in [2.75, 3.05) is 25.0 Å². The molecule has 1 unspecified atom stereocenters. The average molecular weight is 249 g/mol. The van der Waals surface area contributed by atoms with Crippen molar-refractivity contribution in [3.8, 4) is 0 Å². The Labute approximate surface area is 106 Å². The summed E-state index contributed by atoms with van der Waals surface area (Å²) < 4.78 is 0. The number of carbonyl (C=O) groups excluding carboxylic acids is 1. The van der Waals surface area contributed by atoms with Crippen LogP contribution in [0.1, 0.15) is 30.3 Å². The van der Waals surface area contributed by atoms with Crippen molar-refractivity contribution in [2.45, 2.75) is 19.8 Å².